The monoisotopic (exact) mass is 402 g/mol. The minimum Gasteiger partial charge on any atom is -0.494 e. The number of nitrogens with zero attached hydrogens (tertiary/aromatic N) is 4. The van der Waals surface area contributed by atoms with Gasteiger partial charge < -0.3 is 14.1 Å². The standard InChI is InChI=1S/C20H23FN4O2S/c21-16-6-8-17(9-7-16)26-13-4-14-28-20-23-22-19(24-10-1-2-11-24)25(20)15-18-5-3-12-27-18/h3,5-9,12H,1-2,4,10-11,13-15H2. The van der Waals surface area contributed by atoms with Gasteiger partial charge in [-0.05, 0) is 55.7 Å². The second-order valence-electron chi connectivity index (χ2n) is 6.65. The summed E-state index contributed by atoms with van der Waals surface area (Å²) in [6.45, 7) is 3.24. The highest BCUT2D eigenvalue weighted by atomic mass is 32.2. The Morgan fingerprint density at radius 2 is 1.93 bits per heavy atom. The summed E-state index contributed by atoms with van der Waals surface area (Å²) in [6, 6.07) is 9.96. The number of aromatic nitrogens is 3. The first-order valence-electron chi connectivity index (χ1n) is 9.51. The van der Waals surface area contributed by atoms with Gasteiger partial charge in [-0.3, -0.25) is 4.57 Å². The summed E-state index contributed by atoms with van der Waals surface area (Å²) in [5.41, 5.74) is 0. The molecule has 148 valence electrons. The van der Waals surface area contributed by atoms with Gasteiger partial charge in [-0.2, -0.15) is 0 Å². The maximum Gasteiger partial charge on any atom is 0.228 e. The van der Waals surface area contributed by atoms with Crippen LogP contribution in [-0.2, 0) is 6.54 Å². The molecule has 1 fully saturated rings. The van der Waals surface area contributed by atoms with Crippen LogP contribution in [0.2, 0.25) is 0 Å². The number of anilines is 1. The molecule has 2 aromatic heterocycles. The zero-order valence-electron chi connectivity index (χ0n) is 15.6. The Kier molecular flexibility index (Phi) is 6.16. The Hall–Kier alpha value is -2.48. The lowest BCUT2D eigenvalue weighted by molar-refractivity contribution is 0.318. The van der Waals surface area contributed by atoms with Crippen LogP contribution in [0.25, 0.3) is 0 Å². The van der Waals surface area contributed by atoms with Gasteiger partial charge in [0.2, 0.25) is 5.95 Å². The van der Waals surface area contributed by atoms with Crippen molar-refractivity contribution in [2.75, 3.05) is 30.3 Å². The zero-order valence-corrected chi connectivity index (χ0v) is 16.4. The predicted octanol–water partition coefficient (Wildman–Crippen LogP) is 4.22. The van der Waals surface area contributed by atoms with Gasteiger partial charge in [0.1, 0.15) is 17.3 Å². The number of halogens is 1. The molecule has 4 rings (SSSR count). The lowest BCUT2D eigenvalue weighted by Crippen LogP contribution is -2.22. The Morgan fingerprint density at radius 3 is 2.68 bits per heavy atom. The quantitative estimate of drug-likeness (QED) is 0.395. The Bertz CT molecular complexity index is 861. The fraction of sp³-hybridized carbons (Fsp3) is 0.400. The van der Waals surface area contributed by atoms with Crippen LogP contribution in [0.1, 0.15) is 25.0 Å². The van der Waals surface area contributed by atoms with Crippen molar-refractivity contribution in [3.05, 3.63) is 54.2 Å². The number of rotatable bonds is 9. The van der Waals surface area contributed by atoms with Crippen LogP contribution in [0, 0.1) is 5.82 Å². The van der Waals surface area contributed by atoms with Crippen LogP contribution in [0.4, 0.5) is 10.3 Å². The average molecular weight is 402 g/mol. The summed E-state index contributed by atoms with van der Waals surface area (Å²) in [6.07, 6.45) is 4.93. The first-order chi connectivity index (χ1) is 13.8. The fourth-order valence-electron chi connectivity index (χ4n) is 3.18. The van der Waals surface area contributed by atoms with Crippen molar-refractivity contribution >= 4 is 17.7 Å². The van der Waals surface area contributed by atoms with E-state index >= 15 is 0 Å². The van der Waals surface area contributed by atoms with Crippen molar-refractivity contribution in [2.45, 2.75) is 31.0 Å². The van der Waals surface area contributed by atoms with E-state index in [1.54, 1.807) is 30.2 Å². The molecule has 0 radical (unpaired) electrons. The number of thioether (sulfide) groups is 1. The van der Waals surface area contributed by atoms with Crippen LogP contribution < -0.4 is 9.64 Å². The number of benzene rings is 1. The first-order valence-corrected chi connectivity index (χ1v) is 10.5. The third-order valence-electron chi connectivity index (χ3n) is 4.58. The predicted molar refractivity (Wildman–Crippen MR) is 107 cm³/mol. The summed E-state index contributed by atoms with van der Waals surface area (Å²) < 4.78 is 26.2. The average Bonchev–Trinajstić information content (AvgIpc) is 3.46. The van der Waals surface area contributed by atoms with Crippen molar-refractivity contribution < 1.29 is 13.5 Å². The summed E-state index contributed by atoms with van der Waals surface area (Å²) in [5.74, 6) is 3.09. The molecule has 0 atom stereocenters. The maximum absolute atomic E-state index is 12.9. The molecule has 8 heteroatoms. The molecule has 1 saturated heterocycles. The van der Waals surface area contributed by atoms with E-state index in [2.05, 4.69) is 19.7 Å². The highest BCUT2D eigenvalue weighted by Crippen LogP contribution is 2.26. The van der Waals surface area contributed by atoms with Gasteiger partial charge in [0.15, 0.2) is 5.16 Å². The molecule has 0 N–H and O–H groups in total. The van der Waals surface area contributed by atoms with Crippen molar-refractivity contribution in [1.29, 1.82) is 0 Å². The van der Waals surface area contributed by atoms with Crippen LogP contribution in [0.5, 0.6) is 5.75 Å². The number of furan rings is 1. The SMILES string of the molecule is Fc1ccc(OCCCSc2nnc(N3CCCC3)n2Cc2ccco2)cc1. The molecule has 1 aliphatic heterocycles. The van der Waals surface area contributed by atoms with Crippen molar-refractivity contribution in [1.82, 2.24) is 14.8 Å². The van der Waals surface area contributed by atoms with Crippen molar-refractivity contribution in [3.63, 3.8) is 0 Å². The summed E-state index contributed by atoms with van der Waals surface area (Å²) >= 11 is 1.67. The van der Waals surface area contributed by atoms with Crippen molar-refractivity contribution in [2.24, 2.45) is 0 Å². The minimum absolute atomic E-state index is 0.257. The van der Waals surface area contributed by atoms with Gasteiger partial charge in [-0.25, -0.2) is 4.39 Å². The van der Waals surface area contributed by atoms with Gasteiger partial charge in [0, 0.05) is 18.8 Å². The maximum atomic E-state index is 12.9. The van der Waals surface area contributed by atoms with E-state index in [9.17, 15) is 4.39 Å². The Labute approximate surface area is 167 Å². The third-order valence-corrected chi connectivity index (χ3v) is 5.64. The van der Waals surface area contributed by atoms with E-state index in [1.807, 2.05) is 12.1 Å². The largest absolute Gasteiger partial charge is 0.494 e. The van der Waals surface area contributed by atoms with E-state index in [4.69, 9.17) is 9.15 Å². The van der Waals surface area contributed by atoms with Crippen LogP contribution in [0.3, 0.4) is 0 Å². The van der Waals surface area contributed by atoms with Gasteiger partial charge in [-0.1, -0.05) is 11.8 Å². The smallest absolute Gasteiger partial charge is 0.228 e. The molecular weight excluding hydrogens is 379 g/mol. The third kappa shape index (κ3) is 4.67. The molecule has 3 heterocycles. The van der Waals surface area contributed by atoms with Crippen LogP contribution in [0.15, 0.2) is 52.2 Å². The first kappa shape index (κ1) is 18.9. The lowest BCUT2D eigenvalue weighted by atomic mass is 10.3. The van der Waals surface area contributed by atoms with E-state index in [1.165, 1.54) is 25.0 Å². The van der Waals surface area contributed by atoms with Gasteiger partial charge in [0.05, 0.1) is 19.4 Å². The second kappa shape index (κ2) is 9.14. The molecule has 0 amide bonds. The normalized spacial score (nSPS) is 14.0. The molecule has 0 aliphatic carbocycles. The van der Waals surface area contributed by atoms with Gasteiger partial charge >= 0.3 is 0 Å². The molecule has 0 spiro atoms. The Balaban J connectivity index is 1.34. The minimum atomic E-state index is -0.257. The van der Waals surface area contributed by atoms with E-state index < -0.39 is 0 Å². The van der Waals surface area contributed by atoms with Crippen molar-refractivity contribution in [3.8, 4) is 5.75 Å². The highest BCUT2D eigenvalue weighted by molar-refractivity contribution is 7.99. The number of hydrogen-bond acceptors (Lipinski definition) is 6. The fourth-order valence-corrected chi connectivity index (χ4v) is 4.02. The summed E-state index contributed by atoms with van der Waals surface area (Å²) in [5, 5.41) is 9.75. The molecule has 1 aliphatic rings. The molecule has 6 nitrogen and oxygen atoms in total. The molecule has 0 saturated carbocycles. The van der Waals surface area contributed by atoms with E-state index in [0.29, 0.717) is 18.9 Å². The Morgan fingerprint density at radius 1 is 1.11 bits per heavy atom. The lowest BCUT2D eigenvalue weighted by Gasteiger charge is -2.17. The molecule has 0 unspecified atom stereocenters. The van der Waals surface area contributed by atoms with Crippen LogP contribution in [-0.4, -0.2) is 40.2 Å². The summed E-state index contributed by atoms with van der Waals surface area (Å²) in [7, 11) is 0. The molecular formula is C20H23FN4O2S. The topological polar surface area (TPSA) is 56.3 Å². The number of ether oxygens (including phenoxy) is 1. The number of hydrogen-bond donors (Lipinski definition) is 0. The highest BCUT2D eigenvalue weighted by Gasteiger charge is 2.22. The molecule has 1 aromatic carbocycles. The molecule has 28 heavy (non-hydrogen) atoms. The molecule has 3 aromatic rings. The van der Waals surface area contributed by atoms with E-state index in [-0.39, 0.29) is 5.82 Å². The van der Waals surface area contributed by atoms with Gasteiger partial charge in [0.25, 0.3) is 0 Å². The van der Waals surface area contributed by atoms with Gasteiger partial charge in [-0.15, -0.1) is 10.2 Å². The zero-order chi connectivity index (χ0) is 19.2. The summed E-state index contributed by atoms with van der Waals surface area (Å²) in [4.78, 5) is 2.29. The second-order valence-corrected chi connectivity index (χ2v) is 7.71. The molecule has 0 bridgehead atoms. The van der Waals surface area contributed by atoms with Crippen LogP contribution >= 0.6 is 11.8 Å². The van der Waals surface area contributed by atoms with E-state index in [0.717, 1.165) is 42.1 Å².